The molecule has 5 heteroatoms. The molecule has 0 spiro atoms. The highest BCUT2D eigenvalue weighted by Gasteiger charge is 2.29. The first-order valence-corrected chi connectivity index (χ1v) is 9.48. The van der Waals surface area contributed by atoms with Crippen LogP contribution < -0.4 is 9.47 Å². The third-order valence-electron chi connectivity index (χ3n) is 5.49. The van der Waals surface area contributed by atoms with Gasteiger partial charge in [-0.25, -0.2) is 4.39 Å². The van der Waals surface area contributed by atoms with Gasteiger partial charge in [-0.05, 0) is 56.0 Å². The number of benzene rings is 2. The van der Waals surface area contributed by atoms with Gasteiger partial charge in [-0.15, -0.1) is 0 Å². The van der Waals surface area contributed by atoms with E-state index in [9.17, 15) is 9.50 Å². The van der Waals surface area contributed by atoms with Gasteiger partial charge in [0.2, 0.25) is 0 Å². The largest absolute Gasteiger partial charge is 0.493 e. The maximum atomic E-state index is 13.8. The summed E-state index contributed by atoms with van der Waals surface area (Å²) in [5.74, 6) is 1.29. The molecule has 0 bridgehead atoms. The minimum Gasteiger partial charge on any atom is -0.493 e. The van der Waals surface area contributed by atoms with Crippen molar-refractivity contribution in [3.05, 3.63) is 59.4 Å². The van der Waals surface area contributed by atoms with Crippen LogP contribution in [0.25, 0.3) is 0 Å². The summed E-state index contributed by atoms with van der Waals surface area (Å²) in [6, 6.07) is 12.6. The molecule has 0 aromatic heterocycles. The number of aliphatic hydroxyl groups excluding tert-OH is 1. The van der Waals surface area contributed by atoms with Crippen LogP contribution in [0.4, 0.5) is 4.39 Å². The summed E-state index contributed by atoms with van der Waals surface area (Å²) in [5.41, 5.74) is 1.54. The number of piperidine rings is 1. The molecule has 3 rings (SSSR count). The van der Waals surface area contributed by atoms with Crippen molar-refractivity contribution in [3.63, 3.8) is 0 Å². The van der Waals surface area contributed by atoms with Gasteiger partial charge in [0.1, 0.15) is 5.82 Å². The Hall–Kier alpha value is -2.11. The summed E-state index contributed by atoms with van der Waals surface area (Å²) in [4.78, 5) is 2.35. The number of nitrogens with zero attached hydrogens (tertiary/aromatic N) is 1. The summed E-state index contributed by atoms with van der Waals surface area (Å²) in [5, 5.41) is 10.9. The predicted molar refractivity (Wildman–Crippen MR) is 104 cm³/mol. The standard InChI is InChI=1S/C22H28FNO3/c1-26-20-9-5-7-18(22(20)27-2)21(25)17-11-14-24(15-12-17)13-10-16-6-3-4-8-19(16)23/h3-9,17,21,25H,10-15H2,1-2H3/t21-/m1/s1. The lowest BCUT2D eigenvalue weighted by Gasteiger charge is -2.34. The summed E-state index contributed by atoms with van der Waals surface area (Å²) in [6.45, 7) is 2.65. The number of rotatable bonds is 7. The van der Waals surface area contributed by atoms with E-state index >= 15 is 0 Å². The molecule has 0 aliphatic carbocycles. The lowest BCUT2D eigenvalue weighted by atomic mass is 9.87. The van der Waals surface area contributed by atoms with E-state index in [1.165, 1.54) is 6.07 Å². The monoisotopic (exact) mass is 373 g/mol. The van der Waals surface area contributed by atoms with Crippen molar-refractivity contribution in [3.8, 4) is 11.5 Å². The van der Waals surface area contributed by atoms with Crippen LogP contribution in [0.15, 0.2) is 42.5 Å². The summed E-state index contributed by atoms with van der Waals surface area (Å²) < 4.78 is 24.6. The quantitative estimate of drug-likeness (QED) is 0.801. The second-order valence-corrected chi connectivity index (χ2v) is 7.05. The molecule has 146 valence electrons. The van der Waals surface area contributed by atoms with Gasteiger partial charge in [-0.2, -0.15) is 0 Å². The van der Waals surface area contributed by atoms with Gasteiger partial charge in [0.25, 0.3) is 0 Å². The highest BCUT2D eigenvalue weighted by molar-refractivity contribution is 5.47. The van der Waals surface area contributed by atoms with Crippen LogP contribution >= 0.6 is 0 Å². The molecule has 1 aliphatic heterocycles. The molecule has 1 saturated heterocycles. The Morgan fingerprint density at radius 1 is 1.07 bits per heavy atom. The predicted octanol–water partition coefficient (Wildman–Crippen LogP) is 3.83. The van der Waals surface area contributed by atoms with Gasteiger partial charge in [0, 0.05) is 12.1 Å². The van der Waals surface area contributed by atoms with E-state index < -0.39 is 6.10 Å². The zero-order valence-corrected chi connectivity index (χ0v) is 16.0. The van der Waals surface area contributed by atoms with Crippen molar-refractivity contribution < 1.29 is 19.0 Å². The van der Waals surface area contributed by atoms with E-state index in [0.717, 1.165) is 43.6 Å². The van der Waals surface area contributed by atoms with Crippen molar-refractivity contribution in [2.24, 2.45) is 5.92 Å². The van der Waals surface area contributed by atoms with Crippen LogP contribution in [0.3, 0.4) is 0 Å². The first-order chi connectivity index (χ1) is 13.1. The lowest BCUT2D eigenvalue weighted by molar-refractivity contribution is 0.0572. The number of likely N-dealkylation sites (tertiary alicyclic amines) is 1. The second-order valence-electron chi connectivity index (χ2n) is 7.05. The molecular formula is C22H28FNO3. The Kier molecular flexibility index (Phi) is 6.69. The van der Waals surface area contributed by atoms with E-state index in [1.807, 2.05) is 30.3 Å². The molecule has 1 aliphatic rings. The number of para-hydroxylation sites is 1. The van der Waals surface area contributed by atoms with E-state index in [4.69, 9.17) is 9.47 Å². The van der Waals surface area contributed by atoms with Gasteiger partial charge in [-0.3, -0.25) is 0 Å². The second kappa shape index (κ2) is 9.20. The molecule has 0 amide bonds. The number of hydrogen-bond donors (Lipinski definition) is 1. The molecule has 2 aromatic rings. The number of methoxy groups -OCH3 is 2. The number of halogens is 1. The Balaban J connectivity index is 1.57. The van der Waals surface area contributed by atoms with E-state index in [-0.39, 0.29) is 11.7 Å². The fraction of sp³-hybridized carbons (Fsp3) is 0.455. The van der Waals surface area contributed by atoms with E-state index in [0.29, 0.717) is 17.9 Å². The Bertz CT molecular complexity index is 744. The molecule has 0 saturated carbocycles. The zero-order chi connectivity index (χ0) is 19.2. The maximum absolute atomic E-state index is 13.8. The third kappa shape index (κ3) is 4.60. The van der Waals surface area contributed by atoms with Crippen molar-refractivity contribution in [1.29, 1.82) is 0 Å². The molecule has 1 N–H and O–H groups in total. The smallest absolute Gasteiger partial charge is 0.166 e. The summed E-state index contributed by atoms with van der Waals surface area (Å²) in [6.07, 6.45) is 1.94. The van der Waals surface area contributed by atoms with Crippen LogP contribution in [-0.4, -0.2) is 43.9 Å². The van der Waals surface area contributed by atoms with Crippen molar-refractivity contribution >= 4 is 0 Å². The van der Waals surface area contributed by atoms with Gasteiger partial charge in [-0.1, -0.05) is 30.3 Å². The van der Waals surface area contributed by atoms with Crippen molar-refractivity contribution in [1.82, 2.24) is 4.90 Å². The molecule has 0 unspecified atom stereocenters. The normalized spacial score (nSPS) is 16.9. The fourth-order valence-corrected chi connectivity index (χ4v) is 3.87. The van der Waals surface area contributed by atoms with Gasteiger partial charge in [0.15, 0.2) is 11.5 Å². The number of hydrogen-bond acceptors (Lipinski definition) is 4. The Morgan fingerprint density at radius 2 is 1.81 bits per heavy atom. The Morgan fingerprint density at radius 3 is 2.48 bits per heavy atom. The minimum atomic E-state index is -0.580. The van der Waals surface area contributed by atoms with Crippen LogP contribution in [0.5, 0.6) is 11.5 Å². The average Bonchev–Trinajstić information content (AvgIpc) is 2.72. The van der Waals surface area contributed by atoms with E-state index in [2.05, 4.69) is 4.90 Å². The van der Waals surface area contributed by atoms with Crippen LogP contribution in [0.2, 0.25) is 0 Å². The fourth-order valence-electron chi connectivity index (χ4n) is 3.87. The topological polar surface area (TPSA) is 41.9 Å². The molecular weight excluding hydrogens is 345 g/mol. The molecule has 1 atom stereocenters. The minimum absolute atomic E-state index is 0.132. The lowest BCUT2D eigenvalue weighted by Crippen LogP contribution is -2.37. The van der Waals surface area contributed by atoms with Crippen molar-refractivity contribution in [2.45, 2.75) is 25.4 Å². The SMILES string of the molecule is COc1cccc([C@H](O)C2CCN(CCc3ccccc3F)CC2)c1OC. The average molecular weight is 373 g/mol. The molecule has 27 heavy (non-hydrogen) atoms. The highest BCUT2D eigenvalue weighted by atomic mass is 19.1. The first-order valence-electron chi connectivity index (χ1n) is 9.48. The molecule has 4 nitrogen and oxygen atoms in total. The molecule has 1 fully saturated rings. The summed E-state index contributed by atoms with van der Waals surface area (Å²) in [7, 11) is 3.20. The van der Waals surface area contributed by atoms with Gasteiger partial charge in [0.05, 0.1) is 20.3 Å². The molecule has 0 radical (unpaired) electrons. The zero-order valence-electron chi connectivity index (χ0n) is 16.0. The molecule has 2 aromatic carbocycles. The summed E-state index contributed by atoms with van der Waals surface area (Å²) >= 11 is 0. The van der Waals surface area contributed by atoms with E-state index in [1.54, 1.807) is 20.3 Å². The first kappa shape index (κ1) is 19.6. The van der Waals surface area contributed by atoms with Gasteiger partial charge >= 0.3 is 0 Å². The van der Waals surface area contributed by atoms with Gasteiger partial charge < -0.3 is 19.5 Å². The Labute approximate surface area is 160 Å². The molecule has 1 heterocycles. The van der Waals surface area contributed by atoms with Crippen molar-refractivity contribution in [2.75, 3.05) is 33.9 Å². The highest BCUT2D eigenvalue weighted by Crippen LogP contribution is 2.39. The number of ether oxygens (including phenoxy) is 2. The maximum Gasteiger partial charge on any atom is 0.166 e. The van der Waals surface area contributed by atoms with Crippen LogP contribution in [0, 0.1) is 11.7 Å². The third-order valence-corrected chi connectivity index (χ3v) is 5.49. The number of aliphatic hydroxyl groups is 1. The van der Waals surface area contributed by atoms with Crippen LogP contribution in [0.1, 0.15) is 30.1 Å². The van der Waals surface area contributed by atoms with Crippen LogP contribution in [-0.2, 0) is 6.42 Å².